The maximum absolute atomic E-state index is 3.49. The zero-order valence-corrected chi connectivity index (χ0v) is 11.1. The minimum atomic E-state index is 0.695. The molecular formula is C13H28N2. The Bertz CT molecular complexity index is 181. The molecule has 4 atom stereocenters. The van der Waals surface area contributed by atoms with Crippen molar-refractivity contribution < 1.29 is 0 Å². The summed E-state index contributed by atoms with van der Waals surface area (Å²) in [6.45, 7) is 7.01. The van der Waals surface area contributed by atoms with E-state index in [1.54, 1.807) is 0 Å². The van der Waals surface area contributed by atoms with Crippen LogP contribution < -0.4 is 5.32 Å². The summed E-state index contributed by atoms with van der Waals surface area (Å²) in [7, 11) is 4.40. The lowest BCUT2D eigenvalue weighted by Crippen LogP contribution is -2.53. The van der Waals surface area contributed by atoms with E-state index in [9.17, 15) is 0 Å². The molecule has 90 valence electrons. The van der Waals surface area contributed by atoms with Gasteiger partial charge in [-0.05, 0) is 52.6 Å². The minimum absolute atomic E-state index is 0.695. The molecule has 1 rings (SSSR count). The molecule has 4 unspecified atom stereocenters. The molecule has 0 bridgehead atoms. The predicted octanol–water partition coefficient (Wildman–Crippen LogP) is 2.49. The Morgan fingerprint density at radius 3 is 2.60 bits per heavy atom. The van der Waals surface area contributed by atoms with Crippen molar-refractivity contribution in [2.24, 2.45) is 5.92 Å². The van der Waals surface area contributed by atoms with Gasteiger partial charge < -0.3 is 5.32 Å². The quantitative estimate of drug-likeness (QED) is 0.770. The molecule has 0 amide bonds. The summed E-state index contributed by atoms with van der Waals surface area (Å²) in [5.41, 5.74) is 0. The Kier molecular flexibility index (Phi) is 5.07. The van der Waals surface area contributed by atoms with E-state index in [0.29, 0.717) is 12.1 Å². The van der Waals surface area contributed by atoms with E-state index in [1.807, 2.05) is 0 Å². The maximum atomic E-state index is 3.49. The van der Waals surface area contributed by atoms with E-state index in [-0.39, 0.29) is 0 Å². The van der Waals surface area contributed by atoms with Gasteiger partial charge in [0.25, 0.3) is 0 Å². The molecule has 0 aromatic heterocycles. The van der Waals surface area contributed by atoms with Crippen molar-refractivity contribution in [3.8, 4) is 0 Å². The molecular weight excluding hydrogens is 184 g/mol. The smallest absolute Gasteiger partial charge is 0.0251 e. The lowest BCUT2D eigenvalue weighted by molar-refractivity contribution is 0.0949. The Morgan fingerprint density at radius 1 is 1.40 bits per heavy atom. The highest BCUT2D eigenvalue weighted by Gasteiger charge is 2.31. The van der Waals surface area contributed by atoms with E-state index >= 15 is 0 Å². The normalized spacial score (nSPS) is 34.4. The van der Waals surface area contributed by atoms with Crippen molar-refractivity contribution >= 4 is 0 Å². The fourth-order valence-corrected chi connectivity index (χ4v) is 2.75. The lowest BCUT2D eigenvalue weighted by atomic mass is 9.82. The van der Waals surface area contributed by atoms with E-state index in [1.165, 1.54) is 25.7 Å². The molecule has 1 fully saturated rings. The zero-order chi connectivity index (χ0) is 11.4. The predicted molar refractivity (Wildman–Crippen MR) is 67.2 cm³/mol. The number of hydrogen-bond acceptors (Lipinski definition) is 2. The van der Waals surface area contributed by atoms with Crippen molar-refractivity contribution in [3.05, 3.63) is 0 Å². The summed E-state index contributed by atoms with van der Waals surface area (Å²) in [6.07, 6.45) is 5.32. The van der Waals surface area contributed by atoms with Crippen molar-refractivity contribution in [1.29, 1.82) is 0 Å². The number of likely N-dealkylation sites (N-methyl/N-ethyl adjacent to an activating group) is 2. The van der Waals surface area contributed by atoms with Crippen LogP contribution in [0, 0.1) is 5.92 Å². The monoisotopic (exact) mass is 212 g/mol. The average Bonchev–Trinajstić information content (AvgIpc) is 2.27. The summed E-state index contributed by atoms with van der Waals surface area (Å²) in [6, 6.07) is 2.13. The van der Waals surface area contributed by atoms with Crippen LogP contribution in [0.1, 0.15) is 46.5 Å². The average molecular weight is 212 g/mol. The van der Waals surface area contributed by atoms with Gasteiger partial charge in [0, 0.05) is 18.1 Å². The van der Waals surface area contributed by atoms with Gasteiger partial charge in [0.1, 0.15) is 0 Å². The van der Waals surface area contributed by atoms with Crippen LogP contribution in [0.3, 0.4) is 0 Å². The SMILES string of the molecule is CCC(C)N(C)C1CC(C)CCC1NC. The molecule has 1 aliphatic rings. The van der Waals surface area contributed by atoms with Crippen LogP contribution in [0.5, 0.6) is 0 Å². The highest BCUT2D eigenvalue weighted by atomic mass is 15.2. The van der Waals surface area contributed by atoms with Gasteiger partial charge in [0.15, 0.2) is 0 Å². The van der Waals surface area contributed by atoms with Crippen molar-refractivity contribution in [2.75, 3.05) is 14.1 Å². The van der Waals surface area contributed by atoms with Gasteiger partial charge in [-0.3, -0.25) is 4.90 Å². The van der Waals surface area contributed by atoms with Crippen molar-refractivity contribution in [3.63, 3.8) is 0 Å². The van der Waals surface area contributed by atoms with Gasteiger partial charge in [0.05, 0.1) is 0 Å². The molecule has 0 saturated heterocycles. The Balaban J connectivity index is 2.61. The highest BCUT2D eigenvalue weighted by Crippen LogP contribution is 2.28. The molecule has 2 heteroatoms. The maximum Gasteiger partial charge on any atom is 0.0251 e. The summed E-state index contributed by atoms with van der Waals surface area (Å²) in [5.74, 6) is 0.895. The molecule has 0 heterocycles. The van der Waals surface area contributed by atoms with Crippen molar-refractivity contribution in [1.82, 2.24) is 10.2 Å². The molecule has 0 radical (unpaired) electrons. The molecule has 1 saturated carbocycles. The van der Waals surface area contributed by atoms with Crippen LogP contribution in [0.4, 0.5) is 0 Å². The van der Waals surface area contributed by atoms with Crippen LogP contribution in [0.2, 0.25) is 0 Å². The third-order valence-electron chi connectivity index (χ3n) is 4.26. The van der Waals surface area contributed by atoms with Gasteiger partial charge in [0.2, 0.25) is 0 Å². The first kappa shape index (κ1) is 13.0. The van der Waals surface area contributed by atoms with Crippen LogP contribution in [-0.2, 0) is 0 Å². The second kappa shape index (κ2) is 5.86. The second-order valence-corrected chi connectivity index (χ2v) is 5.30. The number of nitrogens with one attached hydrogen (secondary N) is 1. The first-order valence-corrected chi connectivity index (χ1v) is 6.49. The fraction of sp³-hybridized carbons (Fsp3) is 1.00. The van der Waals surface area contributed by atoms with Gasteiger partial charge in [-0.2, -0.15) is 0 Å². The Labute approximate surface area is 95.4 Å². The first-order chi connectivity index (χ1) is 7.10. The van der Waals surface area contributed by atoms with Gasteiger partial charge in [-0.25, -0.2) is 0 Å². The molecule has 0 aromatic rings. The van der Waals surface area contributed by atoms with Crippen LogP contribution in [0.15, 0.2) is 0 Å². The minimum Gasteiger partial charge on any atom is -0.315 e. The van der Waals surface area contributed by atoms with E-state index in [0.717, 1.165) is 12.0 Å². The zero-order valence-electron chi connectivity index (χ0n) is 11.1. The fourth-order valence-electron chi connectivity index (χ4n) is 2.75. The third-order valence-corrected chi connectivity index (χ3v) is 4.26. The van der Waals surface area contributed by atoms with Gasteiger partial charge in [-0.15, -0.1) is 0 Å². The standard InChI is InChI=1S/C13H28N2/c1-6-11(3)15(5)13-9-10(2)7-8-12(13)14-4/h10-14H,6-9H2,1-5H3. The second-order valence-electron chi connectivity index (χ2n) is 5.30. The first-order valence-electron chi connectivity index (χ1n) is 6.49. The molecule has 15 heavy (non-hydrogen) atoms. The van der Waals surface area contributed by atoms with E-state index < -0.39 is 0 Å². The molecule has 2 nitrogen and oxygen atoms in total. The van der Waals surface area contributed by atoms with Crippen LogP contribution in [0.25, 0.3) is 0 Å². The topological polar surface area (TPSA) is 15.3 Å². The Morgan fingerprint density at radius 2 is 2.07 bits per heavy atom. The third kappa shape index (κ3) is 3.18. The summed E-state index contributed by atoms with van der Waals surface area (Å²) in [5, 5.41) is 3.49. The molecule has 0 aliphatic heterocycles. The summed E-state index contributed by atoms with van der Waals surface area (Å²) in [4.78, 5) is 2.58. The summed E-state index contributed by atoms with van der Waals surface area (Å²) < 4.78 is 0. The molecule has 1 aliphatic carbocycles. The van der Waals surface area contributed by atoms with Gasteiger partial charge >= 0.3 is 0 Å². The lowest BCUT2D eigenvalue weighted by Gasteiger charge is -2.42. The number of rotatable bonds is 4. The molecule has 0 aromatic carbocycles. The summed E-state index contributed by atoms with van der Waals surface area (Å²) >= 11 is 0. The van der Waals surface area contributed by atoms with Crippen LogP contribution >= 0.6 is 0 Å². The van der Waals surface area contributed by atoms with Crippen LogP contribution in [-0.4, -0.2) is 37.1 Å². The molecule has 0 spiro atoms. The van der Waals surface area contributed by atoms with E-state index in [4.69, 9.17) is 0 Å². The number of hydrogen-bond donors (Lipinski definition) is 1. The Hall–Kier alpha value is -0.0800. The largest absolute Gasteiger partial charge is 0.315 e. The number of nitrogens with zero attached hydrogens (tertiary/aromatic N) is 1. The van der Waals surface area contributed by atoms with E-state index in [2.05, 4.69) is 45.1 Å². The van der Waals surface area contributed by atoms with Crippen molar-refractivity contribution in [2.45, 2.75) is 64.6 Å². The molecule has 1 N–H and O–H groups in total. The highest BCUT2D eigenvalue weighted by molar-refractivity contribution is 4.89. The van der Waals surface area contributed by atoms with Gasteiger partial charge in [-0.1, -0.05) is 13.8 Å².